The molecule has 0 saturated carbocycles. The molecule has 0 aliphatic carbocycles. The smallest absolute Gasteiger partial charge is 0.212 e. The standard InChI is InChI=1S/C10H9FN4S/c11-7-4-2-1-3-6(7)8-5-16-10(14-8)15-9(12)13/h1-5H,(H4,12,13,14,15). The largest absolute Gasteiger partial charge is 0.370 e. The highest BCUT2D eigenvalue weighted by Crippen LogP contribution is 2.27. The van der Waals surface area contributed by atoms with Gasteiger partial charge in [-0.3, -0.25) is 0 Å². The van der Waals surface area contributed by atoms with Gasteiger partial charge in [-0.05, 0) is 12.1 Å². The second-order valence-electron chi connectivity index (χ2n) is 3.03. The van der Waals surface area contributed by atoms with Gasteiger partial charge >= 0.3 is 0 Å². The Bertz CT molecular complexity index is 531. The van der Waals surface area contributed by atoms with Gasteiger partial charge in [0.15, 0.2) is 5.96 Å². The highest BCUT2D eigenvalue weighted by atomic mass is 32.1. The maximum atomic E-state index is 13.4. The van der Waals surface area contributed by atoms with Crippen LogP contribution in [0.1, 0.15) is 0 Å². The first-order valence-corrected chi connectivity index (χ1v) is 5.35. The predicted octanol–water partition coefficient (Wildman–Crippen LogP) is 1.85. The zero-order valence-corrected chi connectivity index (χ0v) is 9.04. The highest BCUT2D eigenvalue weighted by Gasteiger charge is 2.08. The van der Waals surface area contributed by atoms with Gasteiger partial charge in [0.25, 0.3) is 0 Å². The molecule has 0 spiro atoms. The van der Waals surface area contributed by atoms with E-state index >= 15 is 0 Å². The Labute approximate surface area is 95.5 Å². The van der Waals surface area contributed by atoms with E-state index in [0.717, 1.165) is 0 Å². The predicted molar refractivity (Wildman–Crippen MR) is 63.0 cm³/mol. The molecule has 4 N–H and O–H groups in total. The van der Waals surface area contributed by atoms with E-state index in [9.17, 15) is 4.39 Å². The lowest BCUT2D eigenvalue weighted by Gasteiger charge is -1.96. The van der Waals surface area contributed by atoms with E-state index < -0.39 is 0 Å². The number of halogens is 1. The van der Waals surface area contributed by atoms with Crippen molar-refractivity contribution in [3.05, 3.63) is 35.5 Å². The normalized spacial score (nSPS) is 10.1. The molecule has 2 rings (SSSR count). The van der Waals surface area contributed by atoms with Crippen LogP contribution < -0.4 is 11.5 Å². The molecule has 0 bridgehead atoms. The lowest BCUT2D eigenvalue weighted by molar-refractivity contribution is 0.631. The topological polar surface area (TPSA) is 77.3 Å². The van der Waals surface area contributed by atoms with Crippen molar-refractivity contribution in [3.8, 4) is 11.3 Å². The zero-order valence-electron chi connectivity index (χ0n) is 8.22. The van der Waals surface area contributed by atoms with Crippen molar-refractivity contribution >= 4 is 22.4 Å². The van der Waals surface area contributed by atoms with Gasteiger partial charge in [-0.2, -0.15) is 4.99 Å². The van der Waals surface area contributed by atoms with E-state index in [0.29, 0.717) is 16.4 Å². The van der Waals surface area contributed by atoms with Crippen molar-refractivity contribution in [2.24, 2.45) is 16.5 Å². The molecule has 82 valence electrons. The van der Waals surface area contributed by atoms with Crippen molar-refractivity contribution in [1.82, 2.24) is 4.98 Å². The Balaban J connectivity index is 2.39. The van der Waals surface area contributed by atoms with E-state index in [4.69, 9.17) is 11.5 Å². The summed E-state index contributed by atoms with van der Waals surface area (Å²) in [5, 5.41) is 2.12. The summed E-state index contributed by atoms with van der Waals surface area (Å²) in [5.74, 6) is -0.376. The van der Waals surface area contributed by atoms with Crippen molar-refractivity contribution in [2.75, 3.05) is 0 Å². The summed E-state index contributed by atoms with van der Waals surface area (Å²) in [6.07, 6.45) is 0. The number of aliphatic imine (C=N–C) groups is 1. The molecule has 1 aromatic heterocycles. The summed E-state index contributed by atoms with van der Waals surface area (Å²) in [6, 6.07) is 6.42. The quantitative estimate of drug-likeness (QED) is 0.617. The molecule has 0 saturated heterocycles. The second-order valence-corrected chi connectivity index (χ2v) is 3.87. The molecule has 0 atom stereocenters. The molecule has 6 heteroatoms. The Morgan fingerprint density at radius 3 is 2.75 bits per heavy atom. The fourth-order valence-corrected chi connectivity index (χ4v) is 1.92. The lowest BCUT2D eigenvalue weighted by atomic mass is 10.2. The lowest BCUT2D eigenvalue weighted by Crippen LogP contribution is -2.21. The molecule has 0 amide bonds. The van der Waals surface area contributed by atoms with Gasteiger partial charge in [-0.15, -0.1) is 11.3 Å². The molecule has 0 radical (unpaired) electrons. The molecule has 4 nitrogen and oxygen atoms in total. The van der Waals surface area contributed by atoms with Gasteiger partial charge in [0, 0.05) is 10.9 Å². The Morgan fingerprint density at radius 2 is 2.06 bits per heavy atom. The van der Waals surface area contributed by atoms with Crippen LogP contribution in [0.3, 0.4) is 0 Å². The summed E-state index contributed by atoms with van der Waals surface area (Å²) in [4.78, 5) is 7.90. The summed E-state index contributed by atoms with van der Waals surface area (Å²) >= 11 is 1.26. The molecule has 2 aromatic rings. The molecule has 1 heterocycles. The first kappa shape index (κ1) is 10.6. The first-order chi connectivity index (χ1) is 7.66. The van der Waals surface area contributed by atoms with Crippen LogP contribution in [-0.2, 0) is 0 Å². The number of hydrogen-bond donors (Lipinski definition) is 2. The minimum absolute atomic E-state index is 0.0607. The van der Waals surface area contributed by atoms with Gasteiger partial charge in [0.05, 0.1) is 5.69 Å². The molecule has 0 fully saturated rings. The number of nitrogens with two attached hydrogens (primary N) is 2. The van der Waals surface area contributed by atoms with E-state index in [1.165, 1.54) is 17.4 Å². The zero-order chi connectivity index (χ0) is 11.5. The Hall–Kier alpha value is -1.95. The minimum atomic E-state index is -0.316. The maximum absolute atomic E-state index is 13.4. The maximum Gasteiger partial charge on any atom is 0.212 e. The van der Waals surface area contributed by atoms with E-state index in [1.54, 1.807) is 23.6 Å². The first-order valence-electron chi connectivity index (χ1n) is 4.47. The van der Waals surface area contributed by atoms with Gasteiger partial charge < -0.3 is 11.5 Å². The molecule has 0 aliphatic heterocycles. The number of nitrogens with zero attached hydrogens (tertiary/aromatic N) is 2. The molecule has 0 aliphatic rings. The molecular weight excluding hydrogens is 227 g/mol. The van der Waals surface area contributed by atoms with Crippen molar-refractivity contribution in [2.45, 2.75) is 0 Å². The second kappa shape index (κ2) is 4.28. The monoisotopic (exact) mass is 236 g/mol. The number of benzene rings is 1. The minimum Gasteiger partial charge on any atom is -0.370 e. The molecule has 1 aromatic carbocycles. The van der Waals surface area contributed by atoms with Gasteiger partial charge in [0.1, 0.15) is 5.82 Å². The molecule has 0 unspecified atom stereocenters. The average Bonchev–Trinajstić information content (AvgIpc) is 2.66. The fourth-order valence-electron chi connectivity index (χ4n) is 1.22. The number of aromatic nitrogens is 1. The van der Waals surface area contributed by atoms with Crippen LogP contribution in [0.4, 0.5) is 9.52 Å². The van der Waals surface area contributed by atoms with Crippen LogP contribution in [0.15, 0.2) is 34.6 Å². The van der Waals surface area contributed by atoms with Crippen molar-refractivity contribution in [1.29, 1.82) is 0 Å². The van der Waals surface area contributed by atoms with Crippen LogP contribution in [0.25, 0.3) is 11.3 Å². The van der Waals surface area contributed by atoms with Crippen LogP contribution in [0.2, 0.25) is 0 Å². The average molecular weight is 236 g/mol. The molecule has 16 heavy (non-hydrogen) atoms. The van der Waals surface area contributed by atoms with Gasteiger partial charge in [-0.1, -0.05) is 12.1 Å². The van der Waals surface area contributed by atoms with Gasteiger partial charge in [-0.25, -0.2) is 9.37 Å². The molecular formula is C10H9FN4S. The Morgan fingerprint density at radius 1 is 1.31 bits per heavy atom. The fraction of sp³-hybridized carbons (Fsp3) is 0. The number of guanidine groups is 1. The van der Waals surface area contributed by atoms with Crippen LogP contribution in [0, 0.1) is 5.82 Å². The third-order valence-corrected chi connectivity index (χ3v) is 2.60. The van der Waals surface area contributed by atoms with E-state index in [-0.39, 0.29) is 11.8 Å². The van der Waals surface area contributed by atoms with Crippen LogP contribution in [-0.4, -0.2) is 10.9 Å². The summed E-state index contributed by atoms with van der Waals surface area (Å²) in [5.41, 5.74) is 11.4. The number of hydrogen-bond acceptors (Lipinski definition) is 3. The van der Waals surface area contributed by atoms with Crippen LogP contribution in [0.5, 0.6) is 0 Å². The van der Waals surface area contributed by atoms with Crippen molar-refractivity contribution < 1.29 is 4.39 Å². The van der Waals surface area contributed by atoms with E-state index in [2.05, 4.69) is 9.98 Å². The number of rotatable bonds is 2. The summed E-state index contributed by atoms with van der Waals surface area (Å²) in [7, 11) is 0. The van der Waals surface area contributed by atoms with E-state index in [1.807, 2.05) is 0 Å². The Kier molecular flexibility index (Phi) is 2.82. The van der Waals surface area contributed by atoms with Gasteiger partial charge in [0.2, 0.25) is 5.13 Å². The van der Waals surface area contributed by atoms with Crippen LogP contribution >= 0.6 is 11.3 Å². The number of thiazole rings is 1. The highest BCUT2D eigenvalue weighted by molar-refractivity contribution is 7.13. The SMILES string of the molecule is NC(N)=Nc1nc(-c2ccccc2F)cs1. The summed E-state index contributed by atoms with van der Waals surface area (Å²) < 4.78 is 13.4. The third kappa shape index (κ3) is 2.17. The van der Waals surface area contributed by atoms with Crippen molar-refractivity contribution in [3.63, 3.8) is 0 Å². The third-order valence-electron chi connectivity index (χ3n) is 1.87. The summed E-state index contributed by atoms with van der Waals surface area (Å²) in [6.45, 7) is 0.